The molecule has 0 aliphatic rings. The fourth-order valence-electron chi connectivity index (χ4n) is 0.243. The molecule has 0 aliphatic heterocycles. The second kappa shape index (κ2) is 3.51. The molecule has 0 unspecified atom stereocenters. The quantitative estimate of drug-likeness (QED) is 0.321. The Morgan fingerprint density at radius 1 is 1.55 bits per heavy atom. The van der Waals surface area contributed by atoms with Crippen LogP contribution in [0.25, 0.3) is 0 Å². The van der Waals surface area contributed by atoms with Crippen LogP contribution >= 0.6 is 7.60 Å². The summed E-state index contributed by atoms with van der Waals surface area (Å²) in [6.45, 7) is 1.19. The largest absolute Gasteiger partial charge is 0.477 e. The Kier molecular flexibility index (Phi) is 3.23. The Bertz CT molecular complexity index is 267. The van der Waals surface area contributed by atoms with E-state index < -0.39 is 13.6 Å². The first kappa shape index (κ1) is 10.1. The standard InChI is InChI=1S/C5H7O5P/c1-4(5(6)7)2-3-11(8,9)10/h3H,1H3,(H,6,7)(H2,8,9,10). The molecule has 5 nitrogen and oxygen atoms in total. The molecule has 0 amide bonds. The third kappa shape index (κ3) is 5.58. The predicted octanol–water partition coefficient (Wildman–Crippen LogP) is 0.308. The lowest BCUT2D eigenvalue weighted by atomic mass is 10.3. The lowest BCUT2D eigenvalue weighted by molar-refractivity contribution is -0.132. The fraction of sp³-hybridized carbons (Fsp3) is 0.200. The van der Waals surface area contributed by atoms with Crippen molar-refractivity contribution in [1.82, 2.24) is 0 Å². The average molecular weight is 178 g/mol. The van der Waals surface area contributed by atoms with Crippen LogP contribution in [0, 0.1) is 0 Å². The number of carboxylic acid groups (broad SMARTS) is 1. The topological polar surface area (TPSA) is 94.8 Å². The molecule has 3 N–H and O–H groups in total. The van der Waals surface area contributed by atoms with Crippen LogP contribution in [0.2, 0.25) is 0 Å². The second-order valence-corrected chi connectivity index (χ2v) is 3.23. The van der Waals surface area contributed by atoms with Gasteiger partial charge in [0.05, 0.1) is 11.4 Å². The number of rotatable bonds is 2. The molecule has 0 rings (SSSR count). The van der Waals surface area contributed by atoms with Crippen molar-refractivity contribution in [3.63, 3.8) is 0 Å². The van der Waals surface area contributed by atoms with Crippen LogP contribution < -0.4 is 0 Å². The van der Waals surface area contributed by atoms with Crippen molar-refractivity contribution in [2.45, 2.75) is 6.92 Å². The van der Waals surface area contributed by atoms with E-state index >= 15 is 0 Å². The molecule has 0 aliphatic carbocycles. The SMILES string of the molecule is CC(=C=CP(=O)(O)O)C(=O)O. The molecule has 0 aromatic heterocycles. The number of hydrogen-bond donors (Lipinski definition) is 3. The average Bonchev–Trinajstić information content (AvgIpc) is 1.80. The first-order valence-corrected chi connectivity index (χ1v) is 4.24. The van der Waals surface area contributed by atoms with Crippen molar-refractivity contribution < 1.29 is 24.3 Å². The Morgan fingerprint density at radius 3 is 2.27 bits per heavy atom. The summed E-state index contributed by atoms with van der Waals surface area (Å²) in [7, 11) is -4.28. The molecule has 0 aromatic rings. The summed E-state index contributed by atoms with van der Waals surface area (Å²) in [6.07, 6.45) is 0. The zero-order chi connectivity index (χ0) is 9.07. The highest BCUT2D eigenvalue weighted by molar-refractivity contribution is 7.55. The van der Waals surface area contributed by atoms with E-state index in [0.29, 0.717) is 5.82 Å². The smallest absolute Gasteiger partial charge is 0.356 e. The van der Waals surface area contributed by atoms with Gasteiger partial charge in [0, 0.05) is 0 Å². The van der Waals surface area contributed by atoms with Gasteiger partial charge in [-0.25, -0.2) is 4.79 Å². The fourth-order valence-corrected chi connectivity index (χ4v) is 0.604. The molecule has 0 saturated heterocycles. The normalized spacial score (nSPS) is 10.1. The van der Waals surface area contributed by atoms with E-state index in [4.69, 9.17) is 14.9 Å². The van der Waals surface area contributed by atoms with Gasteiger partial charge in [-0.3, -0.25) is 4.57 Å². The summed E-state index contributed by atoms with van der Waals surface area (Å²) < 4.78 is 10.1. The maximum atomic E-state index is 10.1. The van der Waals surface area contributed by atoms with Gasteiger partial charge in [-0.2, -0.15) is 0 Å². The van der Waals surface area contributed by atoms with Gasteiger partial charge in [0.2, 0.25) is 0 Å². The molecular weight excluding hydrogens is 171 g/mol. The monoisotopic (exact) mass is 178 g/mol. The van der Waals surface area contributed by atoms with Crippen molar-refractivity contribution in [1.29, 1.82) is 0 Å². The highest BCUT2D eigenvalue weighted by Gasteiger charge is 2.05. The summed E-state index contributed by atoms with van der Waals surface area (Å²) in [5.74, 6) is -0.828. The number of carboxylic acids is 1. The summed E-state index contributed by atoms with van der Waals surface area (Å²) in [5, 5.41) is 8.21. The van der Waals surface area contributed by atoms with E-state index in [1.165, 1.54) is 6.92 Å². The predicted molar refractivity (Wildman–Crippen MR) is 36.9 cm³/mol. The first-order chi connectivity index (χ1) is 4.83. The zero-order valence-electron chi connectivity index (χ0n) is 5.68. The van der Waals surface area contributed by atoms with E-state index in [1.807, 2.05) is 5.73 Å². The van der Waals surface area contributed by atoms with Crippen LogP contribution in [0.3, 0.4) is 0 Å². The maximum absolute atomic E-state index is 10.1. The Morgan fingerprint density at radius 2 is 2.00 bits per heavy atom. The van der Waals surface area contributed by atoms with Gasteiger partial charge in [-0.15, -0.1) is 5.73 Å². The molecule has 11 heavy (non-hydrogen) atoms. The minimum Gasteiger partial charge on any atom is -0.477 e. The summed E-state index contributed by atoms with van der Waals surface area (Å²) >= 11 is 0. The Balaban J connectivity index is 4.69. The molecule has 0 fully saturated rings. The Labute approximate surface area is 62.8 Å². The molecule has 0 radical (unpaired) electrons. The summed E-state index contributed by atoms with van der Waals surface area (Å²) in [5.41, 5.74) is 1.71. The van der Waals surface area contributed by atoms with Gasteiger partial charge in [-0.05, 0) is 6.92 Å². The lowest BCUT2D eigenvalue weighted by Crippen LogP contribution is -1.93. The molecule has 0 aromatic carbocycles. The molecule has 0 atom stereocenters. The van der Waals surface area contributed by atoms with E-state index in [1.54, 1.807) is 0 Å². The third-order valence-corrected chi connectivity index (χ3v) is 1.24. The molecule has 0 heterocycles. The first-order valence-electron chi connectivity index (χ1n) is 2.56. The van der Waals surface area contributed by atoms with Crippen molar-refractivity contribution in [3.8, 4) is 0 Å². The van der Waals surface area contributed by atoms with Gasteiger partial charge in [0.1, 0.15) is 0 Å². The maximum Gasteiger partial charge on any atom is 0.356 e. The van der Waals surface area contributed by atoms with Crippen molar-refractivity contribution in [3.05, 3.63) is 17.1 Å². The second-order valence-electron chi connectivity index (χ2n) is 1.79. The van der Waals surface area contributed by atoms with Gasteiger partial charge < -0.3 is 14.9 Å². The summed E-state index contributed by atoms with van der Waals surface area (Å²) in [4.78, 5) is 26.5. The van der Waals surface area contributed by atoms with Gasteiger partial charge >= 0.3 is 13.6 Å². The van der Waals surface area contributed by atoms with Crippen LogP contribution in [-0.4, -0.2) is 20.9 Å². The highest BCUT2D eigenvalue weighted by Crippen LogP contribution is 2.35. The lowest BCUT2D eigenvalue weighted by Gasteiger charge is -1.90. The molecule has 62 valence electrons. The Hall–Kier alpha value is -0.860. The molecule has 0 saturated carbocycles. The minimum absolute atomic E-state index is 0.242. The van der Waals surface area contributed by atoms with Crippen molar-refractivity contribution >= 4 is 13.6 Å². The van der Waals surface area contributed by atoms with E-state index in [-0.39, 0.29) is 5.57 Å². The van der Waals surface area contributed by atoms with Crippen LogP contribution in [-0.2, 0) is 9.36 Å². The highest BCUT2D eigenvalue weighted by atomic mass is 31.2. The van der Waals surface area contributed by atoms with E-state index in [2.05, 4.69) is 0 Å². The van der Waals surface area contributed by atoms with Crippen LogP contribution in [0.4, 0.5) is 0 Å². The van der Waals surface area contributed by atoms with Gasteiger partial charge in [0.25, 0.3) is 0 Å². The zero-order valence-corrected chi connectivity index (χ0v) is 6.58. The van der Waals surface area contributed by atoms with Crippen LogP contribution in [0.5, 0.6) is 0 Å². The molecular formula is C5H7O5P. The van der Waals surface area contributed by atoms with Crippen molar-refractivity contribution in [2.75, 3.05) is 0 Å². The molecule has 6 heteroatoms. The third-order valence-electron chi connectivity index (χ3n) is 0.770. The number of hydrogen-bond acceptors (Lipinski definition) is 2. The number of aliphatic carboxylic acids is 1. The van der Waals surface area contributed by atoms with Gasteiger partial charge in [-0.1, -0.05) is 0 Å². The van der Waals surface area contributed by atoms with E-state index in [9.17, 15) is 9.36 Å². The van der Waals surface area contributed by atoms with Crippen molar-refractivity contribution in [2.24, 2.45) is 0 Å². The van der Waals surface area contributed by atoms with E-state index in [0.717, 1.165) is 0 Å². The van der Waals surface area contributed by atoms with Gasteiger partial charge in [0.15, 0.2) is 0 Å². The molecule has 0 bridgehead atoms. The molecule has 0 spiro atoms. The number of carbonyl (C=O) groups is 1. The summed E-state index contributed by atoms with van der Waals surface area (Å²) in [6, 6.07) is 0. The van der Waals surface area contributed by atoms with Crippen LogP contribution in [0.15, 0.2) is 17.1 Å². The minimum atomic E-state index is -4.28. The van der Waals surface area contributed by atoms with Crippen LogP contribution in [0.1, 0.15) is 6.92 Å².